The molecule has 0 saturated carbocycles. The molecule has 1 heterocycles. The van der Waals surface area contributed by atoms with Gasteiger partial charge >= 0.3 is 0 Å². The van der Waals surface area contributed by atoms with E-state index < -0.39 is 24.4 Å². The first kappa shape index (κ1) is 9.28. The standard InChI is InChI=1S/C6H11N3O3/c1-3-5(10)6(11)4(12-3)2-8-9-7/h3-6,10-11H,2H2,1H3/t3-,4+,5?,6-/m0/s1. The lowest BCUT2D eigenvalue weighted by Crippen LogP contribution is -2.32. The topological polar surface area (TPSA) is 98.5 Å². The highest BCUT2D eigenvalue weighted by Gasteiger charge is 2.39. The maximum Gasteiger partial charge on any atom is 0.109 e. The Labute approximate surface area is 69.4 Å². The quantitative estimate of drug-likeness (QED) is 0.344. The van der Waals surface area contributed by atoms with Gasteiger partial charge in [0.1, 0.15) is 12.2 Å². The molecule has 12 heavy (non-hydrogen) atoms. The van der Waals surface area contributed by atoms with Crippen LogP contribution in [-0.4, -0.2) is 41.2 Å². The van der Waals surface area contributed by atoms with Crippen molar-refractivity contribution in [3.8, 4) is 0 Å². The molecule has 0 aromatic carbocycles. The van der Waals surface area contributed by atoms with Crippen molar-refractivity contribution in [1.82, 2.24) is 0 Å². The summed E-state index contributed by atoms with van der Waals surface area (Å²) in [7, 11) is 0. The summed E-state index contributed by atoms with van der Waals surface area (Å²) in [5.41, 5.74) is 8.00. The van der Waals surface area contributed by atoms with Gasteiger partial charge in [-0.2, -0.15) is 0 Å². The molecule has 68 valence electrons. The zero-order valence-corrected chi connectivity index (χ0v) is 6.66. The van der Waals surface area contributed by atoms with Gasteiger partial charge in [0.25, 0.3) is 0 Å². The summed E-state index contributed by atoms with van der Waals surface area (Å²) in [6, 6.07) is 0. The number of aliphatic hydroxyl groups excluding tert-OH is 2. The lowest BCUT2D eigenvalue weighted by atomic mass is 10.1. The van der Waals surface area contributed by atoms with Crippen molar-refractivity contribution < 1.29 is 14.9 Å². The lowest BCUT2D eigenvalue weighted by molar-refractivity contribution is 0.0224. The van der Waals surface area contributed by atoms with E-state index in [0.717, 1.165) is 0 Å². The van der Waals surface area contributed by atoms with E-state index in [-0.39, 0.29) is 6.54 Å². The molecule has 1 unspecified atom stereocenters. The van der Waals surface area contributed by atoms with Crippen LogP contribution in [0.2, 0.25) is 0 Å². The van der Waals surface area contributed by atoms with Gasteiger partial charge in [-0.05, 0) is 12.5 Å². The summed E-state index contributed by atoms with van der Waals surface area (Å²) in [6.07, 6.45) is -2.82. The zero-order chi connectivity index (χ0) is 9.14. The predicted octanol–water partition coefficient (Wildman–Crippen LogP) is -0.194. The van der Waals surface area contributed by atoms with Crippen LogP contribution in [0.3, 0.4) is 0 Å². The summed E-state index contributed by atoms with van der Waals surface area (Å²) in [5, 5.41) is 21.8. The third-order valence-electron chi connectivity index (χ3n) is 1.93. The van der Waals surface area contributed by atoms with Crippen molar-refractivity contribution in [2.24, 2.45) is 5.11 Å². The number of hydrogen-bond donors (Lipinski definition) is 2. The molecule has 6 heteroatoms. The van der Waals surface area contributed by atoms with Crippen LogP contribution >= 0.6 is 0 Å². The van der Waals surface area contributed by atoms with E-state index in [2.05, 4.69) is 10.0 Å². The number of nitrogens with zero attached hydrogens (tertiary/aromatic N) is 3. The molecule has 1 aliphatic heterocycles. The number of rotatable bonds is 2. The van der Waals surface area contributed by atoms with E-state index in [4.69, 9.17) is 10.3 Å². The van der Waals surface area contributed by atoms with Gasteiger partial charge in [0.15, 0.2) is 0 Å². The highest BCUT2D eigenvalue weighted by atomic mass is 16.5. The SMILES string of the molecule is C[C@@H]1O[C@H](CN=[N+]=[N-])[C@H](O)C1O. The smallest absolute Gasteiger partial charge is 0.109 e. The van der Waals surface area contributed by atoms with Crippen LogP contribution in [0.15, 0.2) is 5.11 Å². The van der Waals surface area contributed by atoms with Crippen LogP contribution in [0.1, 0.15) is 6.92 Å². The molecule has 0 bridgehead atoms. The maximum absolute atomic E-state index is 9.30. The minimum absolute atomic E-state index is 0.0546. The van der Waals surface area contributed by atoms with Crippen molar-refractivity contribution in [3.63, 3.8) is 0 Å². The Morgan fingerprint density at radius 1 is 1.50 bits per heavy atom. The Morgan fingerprint density at radius 3 is 2.58 bits per heavy atom. The molecular weight excluding hydrogens is 162 g/mol. The average molecular weight is 173 g/mol. The molecule has 0 aromatic rings. The number of hydrogen-bond acceptors (Lipinski definition) is 4. The Balaban J connectivity index is 2.52. The molecule has 1 fully saturated rings. The van der Waals surface area contributed by atoms with E-state index >= 15 is 0 Å². The summed E-state index contributed by atoms with van der Waals surface area (Å²) in [4.78, 5) is 2.54. The fraction of sp³-hybridized carbons (Fsp3) is 1.00. The monoisotopic (exact) mass is 173 g/mol. The second kappa shape index (κ2) is 3.73. The molecule has 0 radical (unpaired) electrons. The fourth-order valence-electron chi connectivity index (χ4n) is 1.20. The largest absolute Gasteiger partial charge is 0.388 e. The Morgan fingerprint density at radius 2 is 2.17 bits per heavy atom. The number of azide groups is 1. The van der Waals surface area contributed by atoms with Crippen molar-refractivity contribution in [2.75, 3.05) is 6.54 Å². The molecular formula is C6H11N3O3. The summed E-state index contributed by atoms with van der Waals surface area (Å²) < 4.78 is 5.12. The van der Waals surface area contributed by atoms with Crippen LogP contribution in [-0.2, 0) is 4.74 Å². The second-order valence-electron chi connectivity index (χ2n) is 2.77. The highest BCUT2D eigenvalue weighted by molar-refractivity contribution is 4.89. The first-order valence-electron chi connectivity index (χ1n) is 3.69. The summed E-state index contributed by atoms with van der Waals surface area (Å²) in [6.45, 7) is 1.71. The third-order valence-corrected chi connectivity index (χ3v) is 1.93. The van der Waals surface area contributed by atoms with Gasteiger partial charge in [0.05, 0.1) is 18.8 Å². The van der Waals surface area contributed by atoms with Gasteiger partial charge in [-0.3, -0.25) is 0 Å². The van der Waals surface area contributed by atoms with Crippen molar-refractivity contribution in [1.29, 1.82) is 0 Å². The second-order valence-corrected chi connectivity index (χ2v) is 2.77. The van der Waals surface area contributed by atoms with Crippen molar-refractivity contribution in [3.05, 3.63) is 10.4 Å². The van der Waals surface area contributed by atoms with Gasteiger partial charge in [0.2, 0.25) is 0 Å². The van der Waals surface area contributed by atoms with E-state index in [0.29, 0.717) is 0 Å². The number of aliphatic hydroxyl groups is 2. The molecule has 0 spiro atoms. The van der Waals surface area contributed by atoms with Gasteiger partial charge < -0.3 is 14.9 Å². The fourth-order valence-corrected chi connectivity index (χ4v) is 1.20. The average Bonchev–Trinajstić information content (AvgIpc) is 2.30. The summed E-state index contributed by atoms with van der Waals surface area (Å²) in [5.74, 6) is 0. The molecule has 1 aliphatic rings. The van der Waals surface area contributed by atoms with Crippen LogP contribution in [0.4, 0.5) is 0 Å². The molecule has 0 amide bonds. The van der Waals surface area contributed by atoms with Crippen molar-refractivity contribution >= 4 is 0 Å². The Hall–Kier alpha value is -0.810. The Bertz CT molecular complexity index is 204. The maximum atomic E-state index is 9.30. The summed E-state index contributed by atoms with van der Waals surface area (Å²) >= 11 is 0. The molecule has 0 aromatic heterocycles. The van der Waals surface area contributed by atoms with Crippen LogP contribution in [0, 0.1) is 0 Å². The Kier molecular flexibility index (Phi) is 2.88. The van der Waals surface area contributed by atoms with E-state index in [9.17, 15) is 10.2 Å². The third kappa shape index (κ3) is 1.67. The highest BCUT2D eigenvalue weighted by Crippen LogP contribution is 2.20. The zero-order valence-electron chi connectivity index (χ0n) is 6.66. The van der Waals surface area contributed by atoms with Gasteiger partial charge in [0, 0.05) is 4.91 Å². The molecule has 2 N–H and O–H groups in total. The van der Waals surface area contributed by atoms with Crippen LogP contribution in [0.25, 0.3) is 10.4 Å². The molecule has 1 rings (SSSR count). The minimum atomic E-state index is -0.953. The van der Waals surface area contributed by atoms with Crippen LogP contribution < -0.4 is 0 Å². The van der Waals surface area contributed by atoms with Gasteiger partial charge in [-0.15, -0.1) is 0 Å². The van der Waals surface area contributed by atoms with E-state index in [1.807, 2.05) is 0 Å². The van der Waals surface area contributed by atoms with E-state index in [1.165, 1.54) is 0 Å². The van der Waals surface area contributed by atoms with E-state index in [1.54, 1.807) is 6.92 Å². The first-order valence-corrected chi connectivity index (χ1v) is 3.69. The lowest BCUT2D eigenvalue weighted by Gasteiger charge is -2.10. The predicted molar refractivity (Wildman–Crippen MR) is 40.4 cm³/mol. The first-order chi connectivity index (χ1) is 5.66. The molecule has 0 aliphatic carbocycles. The number of ether oxygens (including phenoxy) is 1. The van der Waals surface area contributed by atoms with Gasteiger partial charge in [-0.1, -0.05) is 5.11 Å². The normalized spacial score (nSPS) is 40.9. The van der Waals surface area contributed by atoms with Gasteiger partial charge in [-0.25, -0.2) is 0 Å². The molecule has 4 atom stereocenters. The van der Waals surface area contributed by atoms with Crippen molar-refractivity contribution in [2.45, 2.75) is 31.3 Å². The minimum Gasteiger partial charge on any atom is -0.388 e. The molecule has 6 nitrogen and oxygen atoms in total. The van der Waals surface area contributed by atoms with Crippen LogP contribution in [0.5, 0.6) is 0 Å². The molecule has 1 saturated heterocycles.